The summed E-state index contributed by atoms with van der Waals surface area (Å²) in [4.78, 5) is 32.1. The fourth-order valence-electron chi connectivity index (χ4n) is 4.48. The summed E-state index contributed by atoms with van der Waals surface area (Å²) in [6.07, 6.45) is 2.03. The van der Waals surface area contributed by atoms with Crippen LogP contribution >= 0.6 is 22.9 Å². The third-order valence-corrected chi connectivity index (χ3v) is 7.61. The molecule has 0 atom stereocenters. The minimum absolute atomic E-state index is 0.0900. The van der Waals surface area contributed by atoms with E-state index >= 15 is 0 Å². The molecular formula is C28H25ClN2O3S. The Labute approximate surface area is 213 Å². The predicted octanol–water partition coefficient (Wildman–Crippen LogP) is 6.16. The third kappa shape index (κ3) is 5.78. The molecule has 1 fully saturated rings. The number of hydrogen-bond donors (Lipinski definition) is 0. The summed E-state index contributed by atoms with van der Waals surface area (Å²) < 4.78 is 5.66. The van der Waals surface area contributed by atoms with Crippen LogP contribution in [0, 0.1) is 0 Å². The largest absolute Gasteiger partial charge is 0.426 e. The van der Waals surface area contributed by atoms with Gasteiger partial charge in [-0.1, -0.05) is 60.1 Å². The zero-order valence-electron chi connectivity index (χ0n) is 19.2. The molecule has 0 spiro atoms. The van der Waals surface area contributed by atoms with Crippen molar-refractivity contribution >= 4 is 45.5 Å². The standard InChI is InChI=1S/C28H25ClN2O3S/c29-22-8-3-7-21(15-22)25(32)17-31-13-11-20(12-14-31)28-30-23(18-35-28)16-27(33)34-26-10-4-6-19-5-1-2-9-24(19)26/h1-10,15,18,20H,11-14,16-17H2. The molecule has 5 nitrogen and oxygen atoms in total. The summed E-state index contributed by atoms with van der Waals surface area (Å²) in [7, 11) is 0. The number of thiazole rings is 1. The molecule has 0 unspecified atom stereocenters. The predicted molar refractivity (Wildman–Crippen MR) is 140 cm³/mol. The normalized spacial score (nSPS) is 14.8. The highest BCUT2D eigenvalue weighted by molar-refractivity contribution is 7.09. The molecule has 0 bridgehead atoms. The monoisotopic (exact) mass is 504 g/mol. The molecular weight excluding hydrogens is 480 g/mol. The highest BCUT2D eigenvalue weighted by atomic mass is 35.5. The van der Waals surface area contributed by atoms with E-state index in [1.165, 1.54) is 0 Å². The molecule has 4 aromatic rings. The van der Waals surface area contributed by atoms with Crippen molar-refractivity contribution in [1.29, 1.82) is 0 Å². The topological polar surface area (TPSA) is 59.5 Å². The number of rotatable bonds is 7. The van der Waals surface area contributed by atoms with Gasteiger partial charge in [0.05, 0.1) is 23.7 Å². The van der Waals surface area contributed by atoms with E-state index in [0.29, 0.717) is 28.8 Å². The van der Waals surface area contributed by atoms with Gasteiger partial charge in [-0.3, -0.25) is 14.5 Å². The third-order valence-electron chi connectivity index (χ3n) is 6.32. The van der Waals surface area contributed by atoms with Crippen molar-refractivity contribution in [2.24, 2.45) is 0 Å². The van der Waals surface area contributed by atoms with Gasteiger partial charge in [0, 0.05) is 27.3 Å². The second-order valence-corrected chi connectivity index (χ2v) is 10.1. The number of carbonyl (C=O) groups is 2. The lowest BCUT2D eigenvalue weighted by Crippen LogP contribution is -2.36. The van der Waals surface area contributed by atoms with E-state index in [1.807, 2.05) is 53.9 Å². The van der Waals surface area contributed by atoms with Crippen LogP contribution in [0.25, 0.3) is 10.8 Å². The second kappa shape index (κ2) is 10.7. The van der Waals surface area contributed by atoms with Gasteiger partial charge in [0.2, 0.25) is 0 Å². The van der Waals surface area contributed by atoms with Gasteiger partial charge in [-0.05, 0) is 49.5 Å². The SMILES string of the molecule is O=C(Cc1csc(C2CCN(CC(=O)c3cccc(Cl)c3)CC2)n1)Oc1cccc2ccccc12. The molecule has 1 saturated heterocycles. The Morgan fingerprint density at radius 1 is 1.03 bits per heavy atom. The Bertz CT molecular complexity index is 1360. The number of esters is 1. The quantitative estimate of drug-likeness (QED) is 0.171. The van der Waals surface area contributed by atoms with E-state index in [9.17, 15) is 9.59 Å². The number of Topliss-reactive ketones (excluding diaryl/α,β-unsaturated/α-hetero) is 1. The number of hydrogen-bond acceptors (Lipinski definition) is 6. The van der Waals surface area contributed by atoms with Crippen LogP contribution in [0.1, 0.15) is 39.8 Å². The van der Waals surface area contributed by atoms with Crippen LogP contribution in [-0.4, -0.2) is 41.3 Å². The van der Waals surface area contributed by atoms with Crippen molar-refractivity contribution in [3.63, 3.8) is 0 Å². The van der Waals surface area contributed by atoms with Crippen LogP contribution in [0.3, 0.4) is 0 Å². The molecule has 1 aliphatic heterocycles. The van der Waals surface area contributed by atoms with Gasteiger partial charge >= 0.3 is 5.97 Å². The first-order valence-corrected chi connectivity index (χ1v) is 12.9. The number of ether oxygens (including phenoxy) is 1. The van der Waals surface area contributed by atoms with Gasteiger partial charge in [-0.25, -0.2) is 4.98 Å². The Kier molecular flexibility index (Phi) is 7.23. The van der Waals surface area contributed by atoms with E-state index in [4.69, 9.17) is 21.3 Å². The van der Waals surface area contributed by atoms with Crippen LogP contribution in [0.2, 0.25) is 5.02 Å². The van der Waals surface area contributed by atoms with Crippen molar-refractivity contribution in [2.45, 2.75) is 25.2 Å². The lowest BCUT2D eigenvalue weighted by atomic mass is 9.97. The number of carbonyl (C=O) groups excluding carboxylic acids is 2. The lowest BCUT2D eigenvalue weighted by Gasteiger charge is -2.30. The summed E-state index contributed by atoms with van der Waals surface area (Å²) in [5.74, 6) is 0.698. The smallest absolute Gasteiger partial charge is 0.317 e. The molecule has 178 valence electrons. The zero-order valence-corrected chi connectivity index (χ0v) is 20.7. The average Bonchev–Trinajstić information content (AvgIpc) is 3.33. The van der Waals surface area contributed by atoms with Crippen molar-refractivity contribution in [3.8, 4) is 5.75 Å². The Morgan fingerprint density at radius 3 is 2.63 bits per heavy atom. The van der Waals surface area contributed by atoms with Gasteiger partial charge in [0.15, 0.2) is 5.78 Å². The summed E-state index contributed by atoms with van der Waals surface area (Å²) in [5.41, 5.74) is 1.40. The Balaban J connectivity index is 1.14. The summed E-state index contributed by atoms with van der Waals surface area (Å²) >= 11 is 7.62. The molecule has 0 radical (unpaired) electrons. The van der Waals surface area contributed by atoms with E-state index in [2.05, 4.69) is 4.90 Å². The average molecular weight is 505 g/mol. The maximum Gasteiger partial charge on any atom is 0.317 e. The van der Waals surface area contributed by atoms with Crippen molar-refractivity contribution in [2.75, 3.05) is 19.6 Å². The minimum Gasteiger partial charge on any atom is -0.426 e. The van der Waals surface area contributed by atoms with E-state index < -0.39 is 0 Å². The van der Waals surface area contributed by atoms with Crippen LogP contribution in [0.4, 0.5) is 0 Å². The molecule has 5 rings (SSSR count). The van der Waals surface area contributed by atoms with E-state index in [0.717, 1.165) is 47.4 Å². The number of likely N-dealkylation sites (tertiary alicyclic amines) is 1. The maximum atomic E-state index is 12.6. The van der Waals surface area contributed by atoms with Gasteiger partial charge in [-0.15, -0.1) is 11.3 Å². The zero-order chi connectivity index (χ0) is 24.2. The maximum absolute atomic E-state index is 12.6. The molecule has 35 heavy (non-hydrogen) atoms. The van der Waals surface area contributed by atoms with Crippen molar-refractivity contribution in [3.05, 3.63) is 93.4 Å². The molecule has 7 heteroatoms. The van der Waals surface area contributed by atoms with E-state index in [-0.39, 0.29) is 18.2 Å². The number of aromatic nitrogens is 1. The van der Waals surface area contributed by atoms with Crippen LogP contribution in [-0.2, 0) is 11.2 Å². The number of fused-ring (bicyclic) bond motifs is 1. The molecule has 1 aromatic heterocycles. The number of ketones is 1. The number of benzene rings is 3. The molecule has 1 aliphatic rings. The second-order valence-electron chi connectivity index (χ2n) is 8.79. The highest BCUT2D eigenvalue weighted by Crippen LogP contribution is 2.31. The number of halogens is 1. The van der Waals surface area contributed by atoms with E-state index in [1.54, 1.807) is 29.5 Å². The first-order chi connectivity index (χ1) is 17.0. The molecule has 0 amide bonds. The summed E-state index contributed by atoms with van der Waals surface area (Å²) in [6.45, 7) is 2.08. The van der Waals surface area contributed by atoms with Crippen molar-refractivity contribution in [1.82, 2.24) is 9.88 Å². The Hall–Kier alpha value is -3.06. The fraction of sp³-hybridized carbons (Fsp3) is 0.250. The summed E-state index contributed by atoms with van der Waals surface area (Å²) in [6, 6.07) is 20.7. The first kappa shape index (κ1) is 23.7. The number of piperidine rings is 1. The highest BCUT2D eigenvalue weighted by Gasteiger charge is 2.25. The molecule has 0 aliphatic carbocycles. The molecule has 3 aromatic carbocycles. The van der Waals surface area contributed by atoms with Crippen LogP contribution in [0.5, 0.6) is 5.75 Å². The van der Waals surface area contributed by atoms with Crippen molar-refractivity contribution < 1.29 is 14.3 Å². The van der Waals surface area contributed by atoms with Gasteiger partial charge in [0.25, 0.3) is 0 Å². The molecule has 0 N–H and O–H groups in total. The lowest BCUT2D eigenvalue weighted by molar-refractivity contribution is -0.133. The molecule has 2 heterocycles. The van der Waals surface area contributed by atoms with Crippen LogP contribution in [0.15, 0.2) is 72.1 Å². The van der Waals surface area contributed by atoms with Gasteiger partial charge < -0.3 is 4.74 Å². The van der Waals surface area contributed by atoms with Gasteiger partial charge in [0.1, 0.15) is 5.75 Å². The fourth-order valence-corrected chi connectivity index (χ4v) is 5.66. The van der Waals surface area contributed by atoms with Crippen LogP contribution < -0.4 is 4.74 Å². The number of nitrogens with zero attached hydrogens (tertiary/aromatic N) is 2. The van der Waals surface area contributed by atoms with Gasteiger partial charge in [-0.2, -0.15) is 0 Å². The Morgan fingerprint density at radius 2 is 1.80 bits per heavy atom. The minimum atomic E-state index is -0.312. The molecule has 0 saturated carbocycles. The first-order valence-electron chi connectivity index (χ1n) is 11.7. The summed E-state index contributed by atoms with van der Waals surface area (Å²) in [5, 5.41) is 5.54.